The Morgan fingerprint density at radius 2 is 1.85 bits per heavy atom. The zero-order chi connectivity index (χ0) is 27.9. The molecule has 0 aliphatic heterocycles. The summed E-state index contributed by atoms with van der Waals surface area (Å²) >= 11 is 6.06. The molecule has 39 heavy (non-hydrogen) atoms. The summed E-state index contributed by atoms with van der Waals surface area (Å²) in [6.07, 6.45) is -1.99. The highest BCUT2D eigenvalue weighted by atomic mass is 35.5. The second-order valence-corrected chi connectivity index (χ2v) is 9.59. The van der Waals surface area contributed by atoms with E-state index in [0.29, 0.717) is 10.1 Å². The van der Waals surface area contributed by atoms with Gasteiger partial charge in [0, 0.05) is 28.4 Å². The number of halogens is 5. The van der Waals surface area contributed by atoms with Gasteiger partial charge in [-0.3, -0.25) is 9.48 Å². The number of benzene rings is 2. The van der Waals surface area contributed by atoms with Crippen LogP contribution in [0.15, 0.2) is 67.0 Å². The summed E-state index contributed by atoms with van der Waals surface area (Å²) in [4.78, 5) is 17.2. The van der Waals surface area contributed by atoms with E-state index in [2.05, 4.69) is 20.5 Å². The highest BCUT2D eigenvalue weighted by Gasteiger charge is 2.35. The van der Waals surface area contributed by atoms with E-state index < -0.39 is 23.6 Å². The van der Waals surface area contributed by atoms with E-state index >= 15 is 0 Å². The molecule has 1 amide bonds. The molecule has 0 aliphatic rings. The van der Waals surface area contributed by atoms with Crippen LogP contribution < -0.4 is 5.32 Å². The van der Waals surface area contributed by atoms with Gasteiger partial charge in [0.2, 0.25) is 0 Å². The van der Waals surface area contributed by atoms with Gasteiger partial charge in [-0.05, 0) is 29.7 Å². The lowest BCUT2D eigenvalue weighted by Crippen LogP contribution is -2.15. The zero-order valence-corrected chi connectivity index (χ0v) is 21.4. The number of alkyl halides is 3. The first-order chi connectivity index (χ1) is 18.5. The molecule has 0 fully saturated rings. The van der Waals surface area contributed by atoms with E-state index in [1.54, 1.807) is 18.2 Å². The van der Waals surface area contributed by atoms with Gasteiger partial charge in [-0.1, -0.05) is 55.8 Å². The van der Waals surface area contributed by atoms with Gasteiger partial charge in [0.25, 0.3) is 5.91 Å². The van der Waals surface area contributed by atoms with Crippen molar-refractivity contribution in [3.05, 3.63) is 100 Å². The Labute approximate surface area is 225 Å². The molecule has 5 rings (SSSR count). The summed E-state index contributed by atoms with van der Waals surface area (Å²) in [5.74, 6) is -1.00. The number of rotatable bonds is 6. The van der Waals surface area contributed by atoms with Gasteiger partial charge in [-0.15, -0.1) is 0 Å². The van der Waals surface area contributed by atoms with Crippen LogP contribution in [0.5, 0.6) is 0 Å². The molecule has 0 saturated heterocycles. The molecule has 3 heterocycles. The molecule has 12 heteroatoms. The fourth-order valence-electron chi connectivity index (χ4n) is 4.03. The minimum absolute atomic E-state index is 0.00945. The fourth-order valence-corrected chi connectivity index (χ4v) is 4.25. The molecular formula is C27H21ClF4N6O. The predicted molar refractivity (Wildman–Crippen MR) is 138 cm³/mol. The van der Waals surface area contributed by atoms with E-state index in [9.17, 15) is 22.4 Å². The summed E-state index contributed by atoms with van der Waals surface area (Å²) in [5.41, 5.74) is 0.629. The Morgan fingerprint density at radius 3 is 2.51 bits per heavy atom. The number of fused-ring (bicyclic) bond motifs is 1. The third-order valence-electron chi connectivity index (χ3n) is 6.10. The highest BCUT2D eigenvalue weighted by molar-refractivity contribution is 6.31. The molecule has 0 bridgehead atoms. The Hall–Kier alpha value is -4.25. The molecule has 3 aromatic heterocycles. The second kappa shape index (κ2) is 10.1. The van der Waals surface area contributed by atoms with Crippen LogP contribution in [0.2, 0.25) is 5.02 Å². The Balaban J connectivity index is 1.42. The van der Waals surface area contributed by atoms with Crippen molar-refractivity contribution in [3.8, 4) is 11.3 Å². The molecule has 0 saturated carbocycles. The van der Waals surface area contributed by atoms with E-state index in [1.807, 2.05) is 26.0 Å². The second-order valence-electron chi connectivity index (χ2n) is 9.18. The first-order valence-electron chi connectivity index (χ1n) is 11.8. The number of anilines is 1. The molecule has 1 N–H and O–H groups in total. The molecule has 0 atom stereocenters. The lowest BCUT2D eigenvalue weighted by molar-refractivity contribution is -0.142. The average molecular weight is 557 g/mol. The quantitative estimate of drug-likeness (QED) is 0.233. The predicted octanol–water partition coefficient (Wildman–Crippen LogP) is 6.83. The summed E-state index contributed by atoms with van der Waals surface area (Å²) < 4.78 is 57.9. The van der Waals surface area contributed by atoms with Gasteiger partial charge in [0.15, 0.2) is 17.0 Å². The summed E-state index contributed by atoms with van der Waals surface area (Å²) in [7, 11) is 0. The molecule has 0 unspecified atom stereocenters. The summed E-state index contributed by atoms with van der Waals surface area (Å²) in [5, 5.41) is 10.7. The van der Waals surface area contributed by atoms with Crippen LogP contribution in [0.1, 0.15) is 47.1 Å². The lowest BCUT2D eigenvalue weighted by Gasteiger charge is -2.11. The van der Waals surface area contributed by atoms with Crippen molar-refractivity contribution in [2.75, 3.05) is 5.32 Å². The lowest BCUT2D eigenvalue weighted by atomic mass is 10.0. The number of nitrogens with one attached hydrogen (secondary N) is 1. The van der Waals surface area contributed by atoms with E-state index in [4.69, 9.17) is 11.6 Å². The molecular weight excluding hydrogens is 536 g/mol. The Morgan fingerprint density at radius 1 is 1.10 bits per heavy atom. The smallest absolute Gasteiger partial charge is 0.318 e. The zero-order valence-electron chi connectivity index (χ0n) is 20.7. The number of nitrogens with zero attached hydrogens (tertiary/aromatic N) is 5. The first kappa shape index (κ1) is 26.4. The minimum atomic E-state index is -4.75. The average Bonchev–Trinajstić information content (AvgIpc) is 3.52. The third kappa shape index (κ3) is 5.49. The van der Waals surface area contributed by atoms with Crippen LogP contribution in [0, 0.1) is 5.82 Å². The topological polar surface area (TPSA) is 77.1 Å². The van der Waals surface area contributed by atoms with Gasteiger partial charge < -0.3 is 5.32 Å². The van der Waals surface area contributed by atoms with E-state index in [0.717, 1.165) is 11.6 Å². The van der Waals surface area contributed by atoms with Crippen LogP contribution in [-0.2, 0) is 12.7 Å². The minimum Gasteiger partial charge on any atom is -0.318 e. The van der Waals surface area contributed by atoms with Gasteiger partial charge in [-0.25, -0.2) is 13.9 Å². The van der Waals surface area contributed by atoms with Crippen molar-refractivity contribution in [3.63, 3.8) is 0 Å². The van der Waals surface area contributed by atoms with Crippen molar-refractivity contribution >= 4 is 28.8 Å². The van der Waals surface area contributed by atoms with Crippen molar-refractivity contribution in [1.29, 1.82) is 0 Å². The maximum absolute atomic E-state index is 14.1. The number of carbonyl (C=O) groups is 1. The standard InChI is InChI=1S/C27H21ClF4N6O/c1-15(2)16-6-8-17(9-7-16)22-10-24(27(30,31)32)38-25(35-22)11-23(36-38)26(39)34-18-12-33-37(13-18)14-19-20(28)4-3-5-21(19)29/h3-13,15H,14H2,1-2H3,(H,34,39). The van der Waals surface area contributed by atoms with Crippen LogP contribution in [0.4, 0.5) is 23.2 Å². The molecule has 0 aliphatic carbocycles. The highest BCUT2D eigenvalue weighted by Crippen LogP contribution is 2.33. The molecule has 200 valence electrons. The van der Waals surface area contributed by atoms with Crippen molar-refractivity contribution in [2.45, 2.75) is 32.5 Å². The normalized spacial score (nSPS) is 11.9. The largest absolute Gasteiger partial charge is 0.433 e. The molecule has 0 radical (unpaired) electrons. The number of hydrogen-bond acceptors (Lipinski definition) is 4. The van der Waals surface area contributed by atoms with Crippen molar-refractivity contribution in [1.82, 2.24) is 24.4 Å². The third-order valence-corrected chi connectivity index (χ3v) is 6.45. The molecule has 5 aromatic rings. The Bertz CT molecular complexity index is 1650. The number of carbonyl (C=O) groups excluding carboxylic acids is 1. The number of aromatic nitrogens is 5. The van der Waals surface area contributed by atoms with Gasteiger partial charge >= 0.3 is 6.18 Å². The van der Waals surface area contributed by atoms with E-state index in [1.165, 1.54) is 35.3 Å². The fraction of sp³-hybridized carbons (Fsp3) is 0.185. The van der Waals surface area contributed by atoms with Crippen LogP contribution in [0.3, 0.4) is 0 Å². The SMILES string of the molecule is CC(C)c1ccc(-c2cc(C(F)(F)F)n3nc(C(=O)Nc4cnn(Cc5c(F)cccc5Cl)c4)cc3n2)cc1. The number of amides is 1. The summed E-state index contributed by atoms with van der Waals surface area (Å²) in [6, 6.07) is 13.5. The maximum atomic E-state index is 14.1. The number of hydrogen-bond donors (Lipinski definition) is 1. The van der Waals surface area contributed by atoms with Crippen LogP contribution in [-0.4, -0.2) is 30.3 Å². The van der Waals surface area contributed by atoms with Crippen molar-refractivity contribution in [2.24, 2.45) is 0 Å². The Kier molecular flexibility index (Phi) is 6.85. The van der Waals surface area contributed by atoms with Gasteiger partial charge in [-0.2, -0.15) is 23.4 Å². The van der Waals surface area contributed by atoms with Crippen molar-refractivity contribution < 1.29 is 22.4 Å². The van der Waals surface area contributed by atoms with Gasteiger partial charge in [0.1, 0.15) is 5.82 Å². The van der Waals surface area contributed by atoms with Crippen LogP contribution in [0.25, 0.3) is 16.9 Å². The molecule has 0 spiro atoms. The first-order valence-corrected chi connectivity index (χ1v) is 12.2. The molecule has 2 aromatic carbocycles. The van der Waals surface area contributed by atoms with Gasteiger partial charge in [0.05, 0.1) is 24.1 Å². The van der Waals surface area contributed by atoms with Crippen LogP contribution >= 0.6 is 11.6 Å². The van der Waals surface area contributed by atoms with E-state index in [-0.39, 0.29) is 45.8 Å². The summed E-state index contributed by atoms with van der Waals surface area (Å²) in [6.45, 7) is 4.04. The maximum Gasteiger partial charge on any atom is 0.433 e. The monoisotopic (exact) mass is 556 g/mol. The molecule has 7 nitrogen and oxygen atoms in total.